The van der Waals surface area contributed by atoms with Gasteiger partial charge in [0.1, 0.15) is 89.5 Å². The van der Waals surface area contributed by atoms with Gasteiger partial charge < -0.3 is 128 Å². The normalized spacial score (nSPS) is 28.8. The Bertz CT molecular complexity index is 4350. The zero-order chi connectivity index (χ0) is 78.8. The Morgan fingerprint density at radius 2 is 1.29 bits per heavy atom. The Kier molecular flexibility index (Phi) is 24.7. The van der Waals surface area contributed by atoms with E-state index in [2.05, 4.69) is 42.5 Å². The third-order valence-electron chi connectivity index (χ3n) is 18.6. The highest BCUT2D eigenvalue weighted by Crippen LogP contribution is 2.50. The van der Waals surface area contributed by atoms with E-state index in [-0.39, 0.29) is 58.0 Å². The Morgan fingerprint density at radius 1 is 0.694 bits per heavy atom. The molecule has 13 rings (SSSR count). The number of benzene rings is 5. The van der Waals surface area contributed by atoms with Crippen molar-refractivity contribution in [2.75, 3.05) is 13.7 Å². The lowest BCUT2D eigenvalue weighted by atomic mass is 9.86. The number of fused-ring (bicyclic) bond motifs is 15. The highest BCUT2D eigenvalue weighted by atomic mass is 35.5. The van der Waals surface area contributed by atoms with Crippen molar-refractivity contribution in [2.45, 2.75) is 169 Å². The minimum absolute atomic E-state index is 0.0975. The number of phenols is 3. The highest BCUT2D eigenvalue weighted by Gasteiger charge is 2.52. The molecule has 8 aliphatic rings. The van der Waals surface area contributed by atoms with Gasteiger partial charge in [0.05, 0.1) is 41.3 Å². The fourth-order valence-electron chi connectivity index (χ4n) is 13.0. The number of hydrogen-bond donors (Lipinski definition) is 20. The molecule has 3 saturated heterocycles. The highest BCUT2D eigenvalue weighted by molar-refractivity contribution is 6.32. The van der Waals surface area contributed by atoms with Crippen molar-refractivity contribution < 1.29 is 127 Å². The number of aliphatic carboxylic acids is 1. The maximum absolute atomic E-state index is 16.0. The molecule has 3 fully saturated rings. The van der Waals surface area contributed by atoms with E-state index < -0.39 is 237 Å². The maximum atomic E-state index is 16.0. The second-order valence-electron chi connectivity index (χ2n) is 27.2. The third kappa shape index (κ3) is 17.7. The van der Waals surface area contributed by atoms with Gasteiger partial charge in [-0.15, -0.1) is 0 Å². The number of halogens is 2. The first-order valence-electron chi connectivity index (χ1n) is 33.7. The molecule has 8 heterocycles. The van der Waals surface area contributed by atoms with Crippen LogP contribution in [-0.2, 0) is 62.2 Å². The van der Waals surface area contributed by atoms with Crippen LogP contribution in [-0.4, -0.2) is 203 Å². The number of nitrogens with two attached hydrogens (primary N) is 2. The number of carbonyl (C=O) groups is 10. The van der Waals surface area contributed by atoms with Crippen LogP contribution in [0.3, 0.4) is 0 Å². The topological polar surface area (TPSA) is 577 Å². The van der Waals surface area contributed by atoms with Crippen molar-refractivity contribution in [1.82, 2.24) is 42.5 Å². The van der Waals surface area contributed by atoms with Crippen molar-refractivity contribution in [3.05, 3.63) is 117 Å². The molecule has 0 spiro atoms. The number of nitrogens with one attached hydrogen (secondary N) is 8. The number of phenolic OH excluding ortho intramolecular Hbond substituents is 3. The van der Waals surface area contributed by atoms with Crippen molar-refractivity contribution in [3.63, 3.8) is 0 Å². The number of carbonyl (C=O) groups excluding carboxylic acids is 9. The minimum atomic E-state index is -2.35. The molecule has 108 heavy (non-hydrogen) atoms. The Balaban J connectivity index is 0.00000168. The lowest BCUT2D eigenvalue weighted by Crippen LogP contribution is -2.64. The largest absolute Gasteiger partial charge is 0.508 e. The average molecular weight is 1550 g/mol. The third-order valence-corrected chi connectivity index (χ3v) is 19.2. The van der Waals surface area contributed by atoms with E-state index >= 15 is 14.4 Å². The molecule has 5 aromatic rings. The molecule has 18 atom stereocenters. The summed E-state index contributed by atoms with van der Waals surface area (Å²) in [5.41, 5.74) is 8.00. The van der Waals surface area contributed by atoms with E-state index in [0.717, 1.165) is 66.7 Å². The van der Waals surface area contributed by atoms with Gasteiger partial charge in [-0.25, -0.2) is 4.79 Å². The molecule has 5 aromatic carbocycles. The van der Waals surface area contributed by atoms with E-state index in [4.69, 9.17) is 63.1 Å². The van der Waals surface area contributed by atoms with Gasteiger partial charge in [0.15, 0.2) is 29.9 Å². The summed E-state index contributed by atoms with van der Waals surface area (Å²) in [5, 5.41) is 133. The number of aromatic hydroxyl groups is 3. The van der Waals surface area contributed by atoms with Crippen LogP contribution in [0.2, 0.25) is 10.0 Å². The summed E-state index contributed by atoms with van der Waals surface area (Å²) in [6, 6.07) is -0.679. The zero-order valence-corrected chi connectivity index (χ0v) is 59.6. The monoisotopic (exact) mass is 1550 g/mol. The van der Waals surface area contributed by atoms with Crippen LogP contribution >= 0.6 is 23.2 Å². The van der Waals surface area contributed by atoms with Crippen LogP contribution in [0.1, 0.15) is 118 Å². The lowest BCUT2D eigenvalue weighted by Gasteiger charge is -2.47. The molecule has 0 aromatic heterocycles. The van der Waals surface area contributed by atoms with Gasteiger partial charge in [0.25, 0.3) is 0 Å². The summed E-state index contributed by atoms with van der Waals surface area (Å²) < 4.78 is 38.3. The predicted octanol–water partition coefficient (Wildman–Crippen LogP) is -0.471. The van der Waals surface area contributed by atoms with Gasteiger partial charge in [-0.2, -0.15) is 0 Å². The van der Waals surface area contributed by atoms with E-state index in [1.807, 2.05) is 13.8 Å². The van der Waals surface area contributed by atoms with E-state index in [0.29, 0.717) is 12.8 Å². The van der Waals surface area contributed by atoms with Crippen LogP contribution in [0.5, 0.6) is 46.0 Å². The number of rotatable bonds is 13. The molecule has 8 aliphatic heterocycles. The second kappa shape index (κ2) is 33.2. The van der Waals surface area contributed by atoms with Gasteiger partial charge in [0.2, 0.25) is 65.2 Å². The first-order chi connectivity index (χ1) is 50.9. The molecule has 580 valence electrons. The minimum Gasteiger partial charge on any atom is -0.508 e. The van der Waals surface area contributed by atoms with E-state index in [1.165, 1.54) is 33.0 Å². The zero-order valence-electron chi connectivity index (χ0n) is 58.1. The Hall–Kier alpha value is -10.1. The van der Waals surface area contributed by atoms with Gasteiger partial charge in [-0.05, 0) is 110 Å². The summed E-state index contributed by atoms with van der Waals surface area (Å²) in [7, 11) is 1.47. The van der Waals surface area contributed by atoms with Crippen molar-refractivity contribution in [3.8, 4) is 57.1 Å². The molecule has 22 N–H and O–H groups in total. The summed E-state index contributed by atoms with van der Waals surface area (Å²) in [6.45, 7) is 5.66. The molecule has 9 amide bonds. The molecule has 1 unspecified atom stereocenters. The molecule has 36 nitrogen and oxygen atoms in total. The molecule has 0 saturated carbocycles. The molecule has 0 aliphatic carbocycles. The van der Waals surface area contributed by atoms with Gasteiger partial charge in [-0.3, -0.25) is 48.5 Å². The number of primary amides is 1. The van der Waals surface area contributed by atoms with Crippen molar-refractivity contribution in [1.29, 1.82) is 0 Å². The van der Waals surface area contributed by atoms with Crippen LogP contribution in [0.25, 0.3) is 11.1 Å². The number of aliphatic hydroxyl groups excluding tert-OH is 6. The summed E-state index contributed by atoms with van der Waals surface area (Å²) in [4.78, 5) is 137. The summed E-state index contributed by atoms with van der Waals surface area (Å²) >= 11 is 14.1. The maximum Gasteiger partial charge on any atom is 0.330 e. The van der Waals surface area contributed by atoms with Crippen molar-refractivity contribution in [2.24, 2.45) is 17.4 Å². The summed E-state index contributed by atoms with van der Waals surface area (Å²) in [6.07, 6.45) is -17.8. The molecule has 11 bridgehead atoms. The van der Waals surface area contributed by atoms with Gasteiger partial charge in [-0.1, -0.05) is 55.2 Å². The fourth-order valence-corrected chi connectivity index (χ4v) is 13.5. The van der Waals surface area contributed by atoms with Gasteiger partial charge >= 0.3 is 5.97 Å². The number of ether oxygens (including phenoxy) is 6. The number of likely N-dealkylation sites (N-methyl/N-ethyl adjacent to an activating group) is 1. The molecular formula is C70H80Cl2N10O26. The second-order valence-corrected chi connectivity index (χ2v) is 28.0. The van der Waals surface area contributed by atoms with Crippen LogP contribution in [0.4, 0.5) is 0 Å². The van der Waals surface area contributed by atoms with Crippen LogP contribution < -0.4 is 68.2 Å². The lowest BCUT2D eigenvalue weighted by molar-refractivity contribution is -0.333. The van der Waals surface area contributed by atoms with Crippen molar-refractivity contribution >= 4 is 82.3 Å². The number of aliphatic hydroxyl groups is 6. The summed E-state index contributed by atoms with van der Waals surface area (Å²) in [5.74, 6) is -16.3. The first kappa shape index (κ1) is 80.5. The average Bonchev–Trinajstić information content (AvgIpc) is 0.802. The standard InChI is InChI=1S/C66H75Cl2N9O24.C4H5NO2/c1-23(2)12-34(71-5)58(88)76-49-51(83)26-7-10-38(32(67)14-26)97-40-16-28-17-41(55(40)101-65-56(54(86)53(85)42(22-78)99-65)100-44-21-66(4,70)57(87)24(3)96-44)98-39-11-8-27(15-33(39)68)52(84)50-63(93)75-48(64(94)95)31-18-29(79)19-37(81)45(31)30-13-25(6-9-36(30)80)46(60(90)77-50)74-61(91)47(28)73-59(89)35(20-43(69)82)72-62(49)92;6-3-1-2-4(7)5-3/h6-11,13-19,23-24,34-35,42,44,46-54,56-57,65,71,78-81,83-87H,12,20-22,70H2,1-5H3,(H2,69,82)(H,72,92)(H,73,89)(H,74,91)(H,75,93)(H,76,88)(H,77,90)(H,94,95);1-2H2,(H,5,6,7)/t24-,34+,35-,42+,44-,46+,47+,48+,49+,50-,51+,52+,53+,54-,56+,57?,65-,66-;/m0./s1. The van der Waals surface area contributed by atoms with E-state index in [9.17, 15) is 84.6 Å². The predicted molar refractivity (Wildman–Crippen MR) is 372 cm³/mol. The van der Waals surface area contributed by atoms with Gasteiger partial charge in [0, 0.05) is 47.6 Å². The molecule has 38 heteroatoms. The fraction of sp³-hybridized carbons (Fsp3) is 0.429. The van der Waals surface area contributed by atoms with E-state index in [1.54, 1.807) is 0 Å². The van der Waals surface area contributed by atoms with Crippen LogP contribution in [0, 0.1) is 5.92 Å². The Labute approximate surface area is 623 Å². The molecular weight excluding hydrogens is 1470 g/mol. The van der Waals surface area contributed by atoms with Crippen LogP contribution in [0.15, 0.2) is 78.9 Å². The first-order valence-corrected chi connectivity index (χ1v) is 34.5. The number of carboxylic acid groups (broad SMARTS) is 1. The Morgan fingerprint density at radius 3 is 1.84 bits per heavy atom. The smallest absolute Gasteiger partial charge is 0.330 e. The quantitative estimate of drug-likeness (QED) is 0.0663. The number of amides is 9. The molecule has 0 radical (unpaired) electrons. The number of carboxylic acids is 1. The number of imide groups is 1. The number of hydrogen-bond acceptors (Lipinski definition) is 27. The SMILES string of the molecule is CN[C@H](CC(C)C)C(=O)N[C@H]1C(=O)N[C@@H](CC(N)=O)C(=O)N[C@H]2C(=O)N[C@H]3C(=O)N[C@H](C(=O)N[C@@H](C(=O)O)c4cc(O)cc(O)c4-c4cc3ccc4O)[C@H](O)c3ccc(c(Cl)c3)Oc3cc2cc(c3O[C@@H]2O[C@H](CO)[C@@H](O)[C@H](O)[C@H]2O[C@H]2C[C@](C)(N)C(O)[C@H](C)O2)Oc2ccc(cc2Cl)[C@H]1O.O=C1CCC(=O)N1.